The molecule has 1 aliphatic rings. The third-order valence-electron chi connectivity index (χ3n) is 5.79. The van der Waals surface area contributed by atoms with E-state index in [4.69, 9.17) is 0 Å². The van der Waals surface area contributed by atoms with Gasteiger partial charge in [0.15, 0.2) is 0 Å². The molecule has 9 heteroatoms. The molecular formula is C26H26FN3O4S. The van der Waals surface area contributed by atoms with Crippen LogP contribution in [0.1, 0.15) is 24.0 Å². The standard InChI is InChI=1S/C26H26FN3O4S/c27-22-12-14-24(15-13-22)35(33,34)30(23-5-2-1-3-6-23)19-25(31)28-17-20-8-10-21(11-9-20)18-29-16-4-7-26(29)32/h1-3,5-6,8-15H,4,7,16-19H2,(H,28,31). The molecule has 0 unspecified atom stereocenters. The number of amides is 2. The van der Waals surface area contributed by atoms with Crippen LogP contribution in [0.2, 0.25) is 0 Å². The summed E-state index contributed by atoms with van der Waals surface area (Å²) in [7, 11) is -4.10. The van der Waals surface area contributed by atoms with Crippen LogP contribution in [0.25, 0.3) is 0 Å². The first kappa shape index (κ1) is 24.4. The SMILES string of the molecule is O=C(CN(c1ccccc1)S(=O)(=O)c1ccc(F)cc1)NCc1ccc(CN2CCCC2=O)cc1. The predicted molar refractivity (Wildman–Crippen MR) is 130 cm³/mol. The molecular weight excluding hydrogens is 469 g/mol. The molecule has 3 aromatic carbocycles. The minimum Gasteiger partial charge on any atom is -0.350 e. The molecule has 1 N–H and O–H groups in total. The van der Waals surface area contributed by atoms with Gasteiger partial charge in [-0.25, -0.2) is 12.8 Å². The van der Waals surface area contributed by atoms with Crippen molar-refractivity contribution in [2.24, 2.45) is 0 Å². The molecule has 0 aliphatic carbocycles. The van der Waals surface area contributed by atoms with Crippen LogP contribution in [-0.2, 0) is 32.7 Å². The Kier molecular flexibility index (Phi) is 7.45. The number of carbonyl (C=O) groups excluding carboxylic acids is 2. The van der Waals surface area contributed by atoms with Crippen LogP contribution in [0.5, 0.6) is 0 Å². The van der Waals surface area contributed by atoms with E-state index >= 15 is 0 Å². The van der Waals surface area contributed by atoms with Gasteiger partial charge in [-0.15, -0.1) is 0 Å². The lowest BCUT2D eigenvalue weighted by Gasteiger charge is -2.24. The summed E-state index contributed by atoms with van der Waals surface area (Å²) in [6.07, 6.45) is 1.49. The van der Waals surface area contributed by atoms with E-state index in [2.05, 4.69) is 5.32 Å². The highest BCUT2D eigenvalue weighted by atomic mass is 32.2. The van der Waals surface area contributed by atoms with E-state index in [1.54, 1.807) is 30.3 Å². The monoisotopic (exact) mass is 495 g/mol. The van der Waals surface area contributed by atoms with Crippen molar-refractivity contribution < 1.29 is 22.4 Å². The highest BCUT2D eigenvalue weighted by molar-refractivity contribution is 7.92. The summed E-state index contributed by atoms with van der Waals surface area (Å²) in [5.74, 6) is -0.864. The van der Waals surface area contributed by atoms with Gasteiger partial charge in [-0.1, -0.05) is 42.5 Å². The van der Waals surface area contributed by atoms with Crippen molar-refractivity contribution in [2.75, 3.05) is 17.4 Å². The molecule has 0 saturated carbocycles. The van der Waals surface area contributed by atoms with Gasteiger partial charge < -0.3 is 10.2 Å². The Bertz CT molecular complexity index is 1280. The minimum absolute atomic E-state index is 0.109. The van der Waals surface area contributed by atoms with E-state index < -0.39 is 28.3 Å². The molecule has 1 aliphatic heterocycles. The van der Waals surface area contributed by atoms with Gasteiger partial charge in [-0.05, 0) is 53.9 Å². The Labute approximate surface area is 204 Å². The number of likely N-dealkylation sites (tertiary alicyclic amines) is 1. The number of nitrogens with zero attached hydrogens (tertiary/aromatic N) is 2. The number of carbonyl (C=O) groups is 2. The Hall–Kier alpha value is -3.72. The van der Waals surface area contributed by atoms with Crippen LogP contribution in [0.4, 0.5) is 10.1 Å². The smallest absolute Gasteiger partial charge is 0.264 e. The number of nitrogens with one attached hydrogen (secondary N) is 1. The molecule has 0 aromatic heterocycles. The van der Waals surface area contributed by atoms with Gasteiger partial charge in [0.05, 0.1) is 10.6 Å². The number of hydrogen-bond donors (Lipinski definition) is 1. The first-order valence-corrected chi connectivity index (χ1v) is 12.7. The van der Waals surface area contributed by atoms with E-state index in [9.17, 15) is 22.4 Å². The Morgan fingerprint density at radius 1 is 0.943 bits per heavy atom. The molecule has 7 nitrogen and oxygen atoms in total. The fourth-order valence-corrected chi connectivity index (χ4v) is 5.31. The third kappa shape index (κ3) is 6.05. The summed E-state index contributed by atoms with van der Waals surface area (Å²) in [6, 6.07) is 20.4. The lowest BCUT2D eigenvalue weighted by molar-refractivity contribution is -0.128. The second kappa shape index (κ2) is 10.7. The summed E-state index contributed by atoms with van der Waals surface area (Å²) >= 11 is 0. The van der Waals surface area contributed by atoms with Gasteiger partial charge in [0.25, 0.3) is 10.0 Å². The quantitative estimate of drug-likeness (QED) is 0.493. The van der Waals surface area contributed by atoms with Gasteiger partial charge in [0.1, 0.15) is 12.4 Å². The van der Waals surface area contributed by atoms with Crippen molar-refractivity contribution in [2.45, 2.75) is 30.8 Å². The molecule has 0 radical (unpaired) electrons. The summed E-state index contributed by atoms with van der Waals surface area (Å²) < 4.78 is 40.8. The lowest BCUT2D eigenvalue weighted by Crippen LogP contribution is -2.40. The van der Waals surface area contributed by atoms with E-state index in [0.717, 1.165) is 40.5 Å². The molecule has 0 bridgehead atoms. The summed E-state index contributed by atoms with van der Waals surface area (Å²) in [5, 5.41) is 2.76. The third-order valence-corrected chi connectivity index (χ3v) is 7.58. The van der Waals surface area contributed by atoms with Crippen molar-refractivity contribution >= 4 is 27.5 Å². The fourth-order valence-electron chi connectivity index (χ4n) is 3.88. The Balaban J connectivity index is 1.42. The molecule has 1 saturated heterocycles. The molecule has 1 heterocycles. The molecule has 182 valence electrons. The summed E-state index contributed by atoms with van der Waals surface area (Å²) in [6.45, 7) is 1.13. The van der Waals surface area contributed by atoms with Crippen molar-refractivity contribution in [1.29, 1.82) is 0 Å². The number of rotatable bonds is 9. The van der Waals surface area contributed by atoms with Gasteiger partial charge in [-0.3, -0.25) is 13.9 Å². The molecule has 2 amide bonds. The summed E-state index contributed by atoms with van der Waals surface area (Å²) in [5.41, 5.74) is 2.19. The van der Waals surface area contributed by atoms with Crippen LogP contribution >= 0.6 is 0 Å². The molecule has 0 spiro atoms. The maximum absolute atomic E-state index is 13.3. The maximum Gasteiger partial charge on any atom is 0.264 e. The topological polar surface area (TPSA) is 86.8 Å². The van der Waals surface area contributed by atoms with Crippen molar-refractivity contribution in [3.63, 3.8) is 0 Å². The zero-order chi connectivity index (χ0) is 24.8. The lowest BCUT2D eigenvalue weighted by atomic mass is 10.1. The first-order chi connectivity index (χ1) is 16.8. The van der Waals surface area contributed by atoms with Crippen LogP contribution in [0, 0.1) is 5.82 Å². The number of benzene rings is 3. The number of hydrogen-bond acceptors (Lipinski definition) is 4. The Morgan fingerprint density at radius 2 is 1.60 bits per heavy atom. The normalized spacial score (nSPS) is 13.6. The van der Waals surface area contributed by atoms with Gasteiger partial charge in [-0.2, -0.15) is 0 Å². The van der Waals surface area contributed by atoms with E-state index in [1.165, 1.54) is 12.1 Å². The number of sulfonamides is 1. The largest absolute Gasteiger partial charge is 0.350 e. The molecule has 3 aromatic rings. The van der Waals surface area contributed by atoms with Crippen molar-refractivity contribution in [3.8, 4) is 0 Å². The number of halogens is 1. The second-order valence-electron chi connectivity index (χ2n) is 8.31. The molecule has 1 fully saturated rings. The Morgan fingerprint density at radius 3 is 2.23 bits per heavy atom. The molecule has 0 atom stereocenters. The second-order valence-corrected chi connectivity index (χ2v) is 10.2. The highest BCUT2D eigenvalue weighted by Crippen LogP contribution is 2.23. The molecule has 4 rings (SSSR count). The zero-order valence-electron chi connectivity index (χ0n) is 19.1. The van der Waals surface area contributed by atoms with E-state index in [0.29, 0.717) is 18.7 Å². The predicted octanol–water partition coefficient (Wildman–Crippen LogP) is 3.46. The van der Waals surface area contributed by atoms with Crippen LogP contribution in [0.3, 0.4) is 0 Å². The van der Waals surface area contributed by atoms with Gasteiger partial charge in [0, 0.05) is 26.1 Å². The van der Waals surface area contributed by atoms with Crippen LogP contribution < -0.4 is 9.62 Å². The average Bonchev–Trinajstić information content (AvgIpc) is 3.27. The average molecular weight is 496 g/mol. The van der Waals surface area contributed by atoms with Crippen LogP contribution in [-0.4, -0.2) is 38.2 Å². The zero-order valence-corrected chi connectivity index (χ0v) is 19.9. The number of anilines is 1. The first-order valence-electron chi connectivity index (χ1n) is 11.3. The van der Waals surface area contributed by atoms with E-state index in [1.807, 2.05) is 29.2 Å². The van der Waals surface area contributed by atoms with Crippen LogP contribution in [0.15, 0.2) is 83.8 Å². The van der Waals surface area contributed by atoms with Gasteiger partial charge in [0.2, 0.25) is 11.8 Å². The maximum atomic E-state index is 13.3. The fraction of sp³-hybridized carbons (Fsp3) is 0.231. The summed E-state index contributed by atoms with van der Waals surface area (Å²) in [4.78, 5) is 26.3. The van der Waals surface area contributed by atoms with Crippen molar-refractivity contribution in [1.82, 2.24) is 10.2 Å². The van der Waals surface area contributed by atoms with Gasteiger partial charge >= 0.3 is 0 Å². The minimum atomic E-state index is -4.10. The van der Waals surface area contributed by atoms with E-state index in [-0.39, 0.29) is 17.3 Å². The number of para-hydroxylation sites is 1. The molecule has 35 heavy (non-hydrogen) atoms. The highest BCUT2D eigenvalue weighted by Gasteiger charge is 2.27. The van der Waals surface area contributed by atoms with Crippen molar-refractivity contribution in [3.05, 3.63) is 95.8 Å².